The zero-order valence-corrected chi connectivity index (χ0v) is 28.1. The molecule has 0 unspecified atom stereocenters. The van der Waals surface area contributed by atoms with Crippen molar-refractivity contribution >= 4 is 99.1 Å². The molecule has 52 heavy (non-hydrogen) atoms. The van der Waals surface area contributed by atoms with Crippen LogP contribution >= 0.6 is 0 Å². The van der Waals surface area contributed by atoms with E-state index in [9.17, 15) is 0 Å². The second-order valence-electron chi connectivity index (χ2n) is 13.7. The molecule has 0 aliphatic heterocycles. The fourth-order valence-corrected chi connectivity index (χ4v) is 8.89. The van der Waals surface area contributed by atoms with Crippen LogP contribution in [0.4, 0.5) is 0 Å². The first-order chi connectivity index (χ1) is 25.7. The summed E-state index contributed by atoms with van der Waals surface area (Å²) >= 11 is 0. The summed E-state index contributed by atoms with van der Waals surface area (Å²) in [4.78, 5) is 0. The molecular weight excluding hydrogens is 633 g/mol. The SMILES string of the molecule is N=Cc1cc(-n2c3ccc4ccccc4c3c3c4ccccc4ccc32)cc(C=N)c1-n1c2ccc3ccccc3c2c2c3ccccc3ccc21. The van der Waals surface area contributed by atoms with Crippen molar-refractivity contribution in [1.82, 2.24) is 9.13 Å². The molecule has 0 amide bonds. The molecule has 0 saturated carbocycles. The van der Waals surface area contributed by atoms with Crippen LogP contribution in [0.2, 0.25) is 0 Å². The maximum atomic E-state index is 8.88. The molecule has 0 radical (unpaired) electrons. The first-order valence-corrected chi connectivity index (χ1v) is 17.6. The molecule has 0 fully saturated rings. The van der Waals surface area contributed by atoms with Crippen molar-refractivity contribution < 1.29 is 0 Å². The summed E-state index contributed by atoms with van der Waals surface area (Å²) in [6.45, 7) is 0. The van der Waals surface area contributed by atoms with Crippen LogP contribution in [0.15, 0.2) is 158 Å². The summed E-state index contributed by atoms with van der Waals surface area (Å²) in [6, 6.07) is 56.2. The lowest BCUT2D eigenvalue weighted by molar-refractivity contribution is 1.13. The van der Waals surface area contributed by atoms with Crippen LogP contribution < -0.4 is 0 Å². The number of fused-ring (bicyclic) bond motifs is 14. The molecule has 0 bridgehead atoms. The molecule has 0 aliphatic carbocycles. The molecule has 0 aliphatic rings. The molecule has 0 atom stereocenters. The highest BCUT2D eigenvalue weighted by Crippen LogP contribution is 2.44. The van der Waals surface area contributed by atoms with Gasteiger partial charge in [0.15, 0.2) is 0 Å². The van der Waals surface area contributed by atoms with E-state index in [-0.39, 0.29) is 0 Å². The van der Waals surface area contributed by atoms with Crippen molar-refractivity contribution in [2.75, 3.05) is 0 Å². The number of rotatable bonds is 4. The lowest BCUT2D eigenvalue weighted by Gasteiger charge is -2.18. The fourth-order valence-electron chi connectivity index (χ4n) is 8.89. The minimum Gasteiger partial charge on any atom is -0.309 e. The molecule has 2 N–H and O–H groups in total. The van der Waals surface area contributed by atoms with Crippen molar-refractivity contribution in [1.29, 1.82) is 10.8 Å². The largest absolute Gasteiger partial charge is 0.309 e. The normalized spacial score (nSPS) is 12.0. The van der Waals surface area contributed by atoms with E-state index in [1.165, 1.54) is 77.1 Å². The number of benzene rings is 9. The summed E-state index contributed by atoms with van der Waals surface area (Å²) in [5.41, 5.74) is 7.54. The standard InChI is InChI=1S/C48H30N4/c49-27-33-25-35(51-40-21-17-29-9-1-5-13-36(29)44(40)45-37-14-6-2-10-30(37)18-22-41(45)51)26-34(28-50)48(33)52-42-23-19-31-11-3-7-15-38(31)46(42)47-39-16-8-4-12-32(39)20-24-43(47)52/h1-28,49-50H. The third-order valence-electron chi connectivity index (χ3n) is 11.0. The van der Waals surface area contributed by atoms with Gasteiger partial charge in [-0.15, -0.1) is 0 Å². The molecule has 0 saturated heterocycles. The lowest BCUT2D eigenvalue weighted by atomic mass is 10.00. The van der Waals surface area contributed by atoms with Crippen molar-refractivity contribution in [3.8, 4) is 11.4 Å². The average Bonchev–Trinajstić information content (AvgIpc) is 3.74. The Kier molecular flexibility index (Phi) is 5.93. The molecule has 2 heterocycles. The van der Waals surface area contributed by atoms with Gasteiger partial charge < -0.3 is 20.0 Å². The van der Waals surface area contributed by atoms with E-state index in [4.69, 9.17) is 10.8 Å². The number of aromatic nitrogens is 2. The van der Waals surface area contributed by atoms with E-state index in [0.717, 1.165) is 44.6 Å². The topological polar surface area (TPSA) is 57.6 Å². The van der Waals surface area contributed by atoms with Gasteiger partial charge in [0.1, 0.15) is 0 Å². The first-order valence-electron chi connectivity index (χ1n) is 17.6. The predicted molar refractivity (Wildman–Crippen MR) is 221 cm³/mol. The smallest absolute Gasteiger partial charge is 0.0638 e. The first kappa shape index (κ1) is 28.8. The number of nitrogens with one attached hydrogen (secondary N) is 2. The maximum Gasteiger partial charge on any atom is 0.0638 e. The third-order valence-corrected chi connectivity index (χ3v) is 11.0. The maximum absolute atomic E-state index is 8.88. The van der Waals surface area contributed by atoms with Crippen LogP contribution in [0, 0.1) is 10.8 Å². The summed E-state index contributed by atoms with van der Waals surface area (Å²) in [5.74, 6) is 0. The Morgan fingerprint density at radius 1 is 0.346 bits per heavy atom. The van der Waals surface area contributed by atoms with Crippen LogP contribution in [-0.2, 0) is 0 Å². The summed E-state index contributed by atoms with van der Waals surface area (Å²) < 4.78 is 4.60. The lowest BCUT2D eigenvalue weighted by Crippen LogP contribution is -2.07. The molecule has 2 aromatic heterocycles. The van der Waals surface area contributed by atoms with Gasteiger partial charge in [-0.05, 0) is 79.5 Å². The average molecular weight is 663 g/mol. The molecule has 9 aromatic carbocycles. The molecule has 0 spiro atoms. The highest BCUT2D eigenvalue weighted by atomic mass is 15.0. The minimum absolute atomic E-state index is 0.743. The Hall–Kier alpha value is -7.04. The Morgan fingerprint density at radius 3 is 0.981 bits per heavy atom. The highest BCUT2D eigenvalue weighted by molar-refractivity contribution is 6.30. The number of hydrogen-bond donors (Lipinski definition) is 2. The second kappa shape index (κ2) is 10.7. The molecule has 11 aromatic rings. The van der Waals surface area contributed by atoms with Gasteiger partial charge in [0.25, 0.3) is 0 Å². The van der Waals surface area contributed by atoms with Crippen molar-refractivity contribution in [2.45, 2.75) is 0 Å². The van der Waals surface area contributed by atoms with Crippen LogP contribution in [0.3, 0.4) is 0 Å². The molecule has 4 heteroatoms. The van der Waals surface area contributed by atoms with E-state index >= 15 is 0 Å². The highest BCUT2D eigenvalue weighted by Gasteiger charge is 2.23. The van der Waals surface area contributed by atoms with Gasteiger partial charge in [0.05, 0.1) is 27.8 Å². The van der Waals surface area contributed by atoms with Crippen molar-refractivity contribution in [3.05, 3.63) is 169 Å². The molecule has 4 nitrogen and oxygen atoms in total. The van der Waals surface area contributed by atoms with Gasteiger partial charge in [-0.2, -0.15) is 0 Å². The molecule has 11 rings (SSSR count). The Morgan fingerprint density at radius 2 is 0.654 bits per heavy atom. The fraction of sp³-hybridized carbons (Fsp3) is 0. The quantitative estimate of drug-likeness (QED) is 0.176. The summed E-state index contributed by atoms with van der Waals surface area (Å²) in [5, 5.41) is 32.1. The van der Waals surface area contributed by atoms with Crippen LogP contribution in [0.25, 0.3) is 98.1 Å². The van der Waals surface area contributed by atoms with Gasteiger partial charge in [-0.3, -0.25) is 0 Å². The zero-order valence-electron chi connectivity index (χ0n) is 28.1. The van der Waals surface area contributed by atoms with E-state index < -0.39 is 0 Å². The van der Waals surface area contributed by atoms with Gasteiger partial charge in [-0.25, -0.2) is 0 Å². The third kappa shape index (κ3) is 3.81. The van der Waals surface area contributed by atoms with E-state index in [2.05, 4.69) is 167 Å². The van der Waals surface area contributed by atoms with Gasteiger partial charge in [0.2, 0.25) is 0 Å². The Bertz CT molecular complexity index is 3130. The van der Waals surface area contributed by atoms with Crippen LogP contribution in [-0.4, -0.2) is 21.6 Å². The van der Waals surface area contributed by atoms with Gasteiger partial charge >= 0.3 is 0 Å². The molecule has 242 valence electrons. The van der Waals surface area contributed by atoms with E-state index in [1.807, 2.05) is 0 Å². The number of hydrogen-bond acceptors (Lipinski definition) is 2. The van der Waals surface area contributed by atoms with Crippen molar-refractivity contribution in [2.24, 2.45) is 0 Å². The molecular formula is C48H30N4. The summed E-state index contributed by atoms with van der Waals surface area (Å²) in [7, 11) is 0. The van der Waals surface area contributed by atoms with E-state index in [0.29, 0.717) is 0 Å². The number of nitrogens with zero attached hydrogens (tertiary/aromatic N) is 2. The van der Waals surface area contributed by atoms with E-state index in [1.54, 1.807) is 0 Å². The summed E-state index contributed by atoms with van der Waals surface area (Å²) in [6.07, 6.45) is 2.90. The van der Waals surface area contributed by atoms with Crippen LogP contribution in [0.5, 0.6) is 0 Å². The zero-order chi connectivity index (χ0) is 34.5. The predicted octanol–water partition coefficient (Wildman–Crippen LogP) is 12.5. The van der Waals surface area contributed by atoms with Crippen LogP contribution in [0.1, 0.15) is 11.1 Å². The van der Waals surface area contributed by atoms with Gasteiger partial charge in [-0.1, -0.05) is 121 Å². The Balaban J connectivity index is 1.28. The second-order valence-corrected chi connectivity index (χ2v) is 13.7. The minimum atomic E-state index is 0.743. The Labute approximate surface area is 298 Å². The van der Waals surface area contributed by atoms with Gasteiger partial charge in [0, 0.05) is 50.8 Å². The van der Waals surface area contributed by atoms with Crippen molar-refractivity contribution in [3.63, 3.8) is 0 Å². The monoisotopic (exact) mass is 662 g/mol.